The number of fused-ring (bicyclic) bond motifs is 1. The minimum absolute atomic E-state index is 0.0528. The maximum Gasteiger partial charge on any atom is 0.261 e. The number of anilines is 1. The van der Waals surface area contributed by atoms with E-state index in [2.05, 4.69) is 14.7 Å². The standard InChI is InChI=1S/C22H16ClF2N3O3S/c1-2-12-3-5-14(6-4-12)32(30,31)28-18-8-7-17(24)19(20(18)25)21(29)16-11-27-22-15(16)9-13(23)10-26-22/h3-11,28H,2H2,1H3,(H,26,27). The van der Waals surface area contributed by atoms with Gasteiger partial charge >= 0.3 is 0 Å². The number of carbonyl (C=O) groups excluding carboxylic acids is 1. The second-order valence-corrected chi connectivity index (χ2v) is 9.09. The lowest BCUT2D eigenvalue weighted by molar-refractivity contribution is 0.103. The fraction of sp³-hybridized carbons (Fsp3) is 0.0909. The highest BCUT2D eigenvalue weighted by Gasteiger charge is 2.26. The number of aromatic amines is 1. The molecule has 2 aromatic carbocycles. The van der Waals surface area contributed by atoms with Gasteiger partial charge in [0.05, 0.1) is 21.2 Å². The zero-order valence-electron chi connectivity index (χ0n) is 16.6. The number of sulfonamides is 1. The van der Waals surface area contributed by atoms with Crippen LogP contribution in [0.3, 0.4) is 0 Å². The van der Waals surface area contributed by atoms with Crippen molar-refractivity contribution in [2.45, 2.75) is 18.2 Å². The predicted molar refractivity (Wildman–Crippen MR) is 118 cm³/mol. The van der Waals surface area contributed by atoms with E-state index in [0.717, 1.165) is 24.1 Å². The third kappa shape index (κ3) is 3.96. The molecule has 2 heterocycles. The summed E-state index contributed by atoms with van der Waals surface area (Å²) in [5.74, 6) is -3.44. The van der Waals surface area contributed by atoms with Gasteiger partial charge in [-0.2, -0.15) is 0 Å². The van der Waals surface area contributed by atoms with Crippen LogP contribution in [0.5, 0.6) is 0 Å². The molecule has 0 aliphatic carbocycles. The largest absolute Gasteiger partial charge is 0.345 e. The monoisotopic (exact) mass is 475 g/mol. The number of aromatic nitrogens is 2. The second kappa shape index (κ2) is 8.33. The van der Waals surface area contributed by atoms with Crippen molar-refractivity contribution in [2.24, 2.45) is 0 Å². The summed E-state index contributed by atoms with van der Waals surface area (Å²) >= 11 is 5.92. The number of nitrogens with zero attached hydrogens (tertiary/aromatic N) is 1. The molecular formula is C22H16ClF2N3O3S. The van der Waals surface area contributed by atoms with E-state index >= 15 is 4.39 Å². The molecule has 10 heteroatoms. The molecule has 2 aromatic heterocycles. The highest BCUT2D eigenvalue weighted by molar-refractivity contribution is 7.92. The molecule has 0 bridgehead atoms. The summed E-state index contributed by atoms with van der Waals surface area (Å²) in [6, 6.07) is 9.24. The van der Waals surface area contributed by atoms with Crippen LogP contribution in [0.1, 0.15) is 28.4 Å². The SMILES string of the molecule is CCc1ccc(S(=O)(=O)Nc2ccc(F)c(C(=O)c3c[nH]c4ncc(Cl)cc34)c2F)cc1. The van der Waals surface area contributed by atoms with Gasteiger partial charge in [0.25, 0.3) is 10.0 Å². The van der Waals surface area contributed by atoms with Crippen LogP contribution in [0, 0.1) is 11.6 Å². The molecule has 6 nitrogen and oxygen atoms in total. The fourth-order valence-corrected chi connectivity index (χ4v) is 4.47. The molecule has 2 N–H and O–H groups in total. The maximum atomic E-state index is 15.2. The molecule has 0 unspecified atom stereocenters. The predicted octanol–water partition coefficient (Wildman–Crippen LogP) is 5.09. The van der Waals surface area contributed by atoms with Crippen LogP contribution < -0.4 is 4.72 Å². The van der Waals surface area contributed by atoms with Crippen LogP contribution in [0.15, 0.2) is 59.8 Å². The number of aryl methyl sites for hydroxylation is 1. The molecule has 0 aliphatic rings. The average molecular weight is 476 g/mol. The van der Waals surface area contributed by atoms with Gasteiger partial charge in [-0.1, -0.05) is 30.7 Å². The number of nitrogens with one attached hydrogen (secondary N) is 2. The molecule has 0 saturated heterocycles. The number of rotatable bonds is 6. The van der Waals surface area contributed by atoms with Crippen LogP contribution in [0.25, 0.3) is 11.0 Å². The summed E-state index contributed by atoms with van der Waals surface area (Å²) in [7, 11) is -4.17. The third-order valence-corrected chi connectivity index (χ3v) is 6.53. The van der Waals surface area contributed by atoms with Crippen molar-refractivity contribution in [3.05, 3.63) is 88.2 Å². The van der Waals surface area contributed by atoms with Crippen LogP contribution in [0.4, 0.5) is 14.5 Å². The average Bonchev–Trinajstić information content (AvgIpc) is 3.18. The van der Waals surface area contributed by atoms with E-state index in [1.807, 2.05) is 6.92 Å². The van der Waals surface area contributed by atoms with Crippen molar-refractivity contribution in [3.8, 4) is 0 Å². The summed E-state index contributed by atoms with van der Waals surface area (Å²) in [5, 5.41) is 0.519. The fourth-order valence-electron chi connectivity index (χ4n) is 3.25. The number of carbonyl (C=O) groups is 1. The van der Waals surface area contributed by atoms with E-state index in [0.29, 0.717) is 5.65 Å². The van der Waals surface area contributed by atoms with Gasteiger partial charge in [0.2, 0.25) is 5.78 Å². The van der Waals surface area contributed by atoms with Gasteiger partial charge in [-0.3, -0.25) is 9.52 Å². The lowest BCUT2D eigenvalue weighted by atomic mass is 10.0. The van der Waals surface area contributed by atoms with Crippen molar-refractivity contribution in [1.29, 1.82) is 0 Å². The molecule has 0 saturated carbocycles. The Balaban J connectivity index is 1.74. The summed E-state index contributed by atoms with van der Waals surface area (Å²) in [6.07, 6.45) is 3.35. The van der Waals surface area contributed by atoms with Gasteiger partial charge < -0.3 is 4.98 Å². The third-order valence-electron chi connectivity index (χ3n) is 4.95. The summed E-state index contributed by atoms with van der Waals surface area (Å²) < 4.78 is 57.1. The van der Waals surface area contributed by atoms with E-state index in [9.17, 15) is 17.6 Å². The van der Waals surface area contributed by atoms with Crippen molar-refractivity contribution in [3.63, 3.8) is 0 Å². The molecule has 0 amide bonds. The maximum absolute atomic E-state index is 15.2. The Hall–Kier alpha value is -3.30. The number of hydrogen-bond acceptors (Lipinski definition) is 4. The zero-order valence-corrected chi connectivity index (χ0v) is 18.2. The quantitative estimate of drug-likeness (QED) is 0.380. The molecule has 0 atom stereocenters. The van der Waals surface area contributed by atoms with Gasteiger partial charge in [0.15, 0.2) is 5.82 Å². The van der Waals surface area contributed by atoms with Crippen LogP contribution >= 0.6 is 11.6 Å². The van der Waals surface area contributed by atoms with Crippen molar-refractivity contribution in [2.75, 3.05) is 4.72 Å². The van der Waals surface area contributed by atoms with E-state index in [4.69, 9.17) is 11.6 Å². The summed E-state index contributed by atoms with van der Waals surface area (Å²) in [5.41, 5.74) is -0.259. The van der Waals surface area contributed by atoms with Crippen molar-refractivity contribution < 1.29 is 22.0 Å². The minimum Gasteiger partial charge on any atom is -0.345 e. The number of benzene rings is 2. The molecule has 164 valence electrons. The first kappa shape index (κ1) is 21.9. The lowest BCUT2D eigenvalue weighted by Gasteiger charge is -2.12. The van der Waals surface area contributed by atoms with Crippen LogP contribution in [0.2, 0.25) is 5.02 Å². The van der Waals surface area contributed by atoms with Crippen LogP contribution in [-0.2, 0) is 16.4 Å². The lowest BCUT2D eigenvalue weighted by Crippen LogP contribution is -2.16. The summed E-state index contributed by atoms with van der Waals surface area (Å²) in [6.45, 7) is 1.92. The smallest absolute Gasteiger partial charge is 0.261 e. The highest BCUT2D eigenvalue weighted by atomic mass is 35.5. The van der Waals surface area contributed by atoms with Crippen LogP contribution in [-0.4, -0.2) is 24.2 Å². The number of hydrogen-bond donors (Lipinski definition) is 2. The highest BCUT2D eigenvalue weighted by Crippen LogP contribution is 2.29. The zero-order chi connectivity index (χ0) is 23.0. The Morgan fingerprint density at radius 1 is 1.16 bits per heavy atom. The van der Waals surface area contributed by atoms with E-state index in [-0.39, 0.29) is 20.9 Å². The topological polar surface area (TPSA) is 91.9 Å². The normalized spacial score (nSPS) is 11.6. The van der Waals surface area contributed by atoms with E-state index < -0.39 is 38.7 Å². The van der Waals surface area contributed by atoms with Gasteiger partial charge in [-0.15, -0.1) is 0 Å². The Morgan fingerprint density at radius 3 is 2.56 bits per heavy atom. The van der Waals surface area contributed by atoms with E-state index in [1.165, 1.54) is 30.6 Å². The Morgan fingerprint density at radius 2 is 1.88 bits per heavy atom. The van der Waals surface area contributed by atoms with Gasteiger partial charge in [-0.25, -0.2) is 22.2 Å². The number of halogens is 3. The number of ketones is 1. The van der Waals surface area contributed by atoms with Gasteiger partial charge in [0.1, 0.15) is 11.5 Å². The summed E-state index contributed by atoms with van der Waals surface area (Å²) in [4.78, 5) is 19.6. The molecule has 0 fully saturated rings. The molecule has 4 rings (SSSR count). The minimum atomic E-state index is -4.17. The Kier molecular flexibility index (Phi) is 5.70. The van der Waals surface area contributed by atoms with Crippen molar-refractivity contribution in [1.82, 2.24) is 9.97 Å². The molecule has 0 spiro atoms. The number of H-pyrrole nitrogens is 1. The first-order valence-electron chi connectivity index (χ1n) is 9.48. The number of pyridine rings is 1. The molecule has 0 radical (unpaired) electrons. The molecule has 0 aliphatic heterocycles. The second-order valence-electron chi connectivity index (χ2n) is 6.97. The van der Waals surface area contributed by atoms with Gasteiger partial charge in [0, 0.05) is 23.3 Å². The molecular weight excluding hydrogens is 460 g/mol. The van der Waals surface area contributed by atoms with E-state index in [1.54, 1.807) is 12.1 Å². The molecule has 32 heavy (non-hydrogen) atoms. The van der Waals surface area contributed by atoms with Gasteiger partial charge in [-0.05, 0) is 42.3 Å². The molecule has 4 aromatic rings. The first-order valence-corrected chi connectivity index (χ1v) is 11.3. The Labute approximate surface area is 187 Å². The first-order chi connectivity index (χ1) is 15.2. The Bertz CT molecular complexity index is 1450. The van der Waals surface area contributed by atoms with Crippen molar-refractivity contribution >= 4 is 44.1 Å².